The zero-order valence-electron chi connectivity index (χ0n) is 19.2. The third kappa shape index (κ3) is 5.77. The number of esters is 1. The van der Waals surface area contributed by atoms with E-state index in [1.807, 2.05) is 0 Å². The zero-order valence-corrected chi connectivity index (χ0v) is 21.4. The van der Waals surface area contributed by atoms with Crippen molar-refractivity contribution in [2.24, 2.45) is 0 Å². The molecular formula is C26H18Cl3N3O5. The van der Waals surface area contributed by atoms with Crippen LogP contribution in [0.3, 0.4) is 0 Å². The molecule has 0 spiro atoms. The van der Waals surface area contributed by atoms with Crippen LogP contribution < -0.4 is 15.5 Å². The van der Waals surface area contributed by atoms with Crippen molar-refractivity contribution in [3.63, 3.8) is 0 Å². The summed E-state index contributed by atoms with van der Waals surface area (Å²) in [5, 5.41) is 5.91. The number of nitrogens with zero attached hydrogens (tertiary/aromatic N) is 1. The fourth-order valence-corrected chi connectivity index (χ4v) is 4.28. The van der Waals surface area contributed by atoms with E-state index in [9.17, 15) is 19.2 Å². The number of imide groups is 1. The normalized spacial score (nSPS) is 13.1. The molecule has 188 valence electrons. The number of amides is 3. The highest BCUT2D eigenvalue weighted by atomic mass is 35.5. The number of benzene rings is 3. The molecule has 2 N–H and O–H groups in total. The third-order valence-corrected chi connectivity index (χ3v) is 5.94. The Morgan fingerprint density at radius 3 is 2.22 bits per heavy atom. The SMILES string of the molecule is CCOC(=O)c1cccc(N2C(=O)C(Cl)=C(Nc3cccc(C(=O)Nc4cc(Cl)cc(Cl)c4)c3)C2=O)c1. The van der Waals surface area contributed by atoms with Crippen LogP contribution >= 0.6 is 34.8 Å². The number of anilines is 3. The van der Waals surface area contributed by atoms with E-state index in [0.717, 1.165) is 4.90 Å². The summed E-state index contributed by atoms with van der Waals surface area (Å²) >= 11 is 18.2. The monoisotopic (exact) mass is 557 g/mol. The van der Waals surface area contributed by atoms with E-state index < -0.39 is 23.7 Å². The summed E-state index contributed by atoms with van der Waals surface area (Å²) < 4.78 is 4.98. The Morgan fingerprint density at radius 2 is 1.51 bits per heavy atom. The standard InChI is InChI=1S/C26H18Cl3N3O5/c1-2-37-26(36)15-6-4-8-20(10-15)32-24(34)21(29)22(25(32)35)30-18-7-3-5-14(9-18)23(33)31-19-12-16(27)11-17(28)13-19/h3-13,30H,2H2,1H3,(H,31,33). The second-order valence-corrected chi connectivity index (χ2v) is 8.97. The number of hydrogen-bond acceptors (Lipinski definition) is 6. The summed E-state index contributed by atoms with van der Waals surface area (Å²) in [6, 6.07) is 16.8. The molecule has 0 bridgehead atoms. The maximum Gasteiger partial charge on any atom is 0.338 e. The van der Waals surface area contributed by atoms with Gasteiger partial charge >= 0.3 is 5.97 Å². The summed E-state index contributed by atoms with van der Waals surface area (Å²) in [5.74, 6) is -2.52. The van der Waals surface area contributed by atoms with Crippen LogP contribution in [0, 0.1) is 0 Å². The Balaban J connectivity index is 1.54. The first-order chi connectivity index (χ1) is 17.7. The van der Waals surface area contributed by atoms with Gasteiger partial charge in [-0.1, -0.05) is 46.9 Å². The van der Waals surface area contributed by atoms with Gasteiger partial charge in [0.2, 0.25) is 0 Å². The number of ether oxygens (including phenoxy) is 1. The van der Waals surface area contributed by atoms with Crippen LogP contribution in [0.1, 0.15) is 27.6 Å². The molecule has 4 rings (SSSR count). The molecule has 3 aromatic carbocycles. The first-order valence-corrected chi connectivity index (χ1v) is 12.0. The van der Waals surface area contributed by atoms with Gasteiger partial charge < -0.3 is 15.4 Å². The highest BCUT2D eigenvalue weighted by Gasteiger charge is 2.39. The largest absolute Gasteiger partial charge is 0.462 e. The van der Waals surface area contributed by atoms with Crippen LogP contribution in [-0.2, 0) is 14.3 Å². The van der Waals surface area contributed by atoms with E-state index >= 15 is 0 Å². The average molecular weight is 559 g/mol. The Morgan fingerprint density at radius 1 is 0.838 bits per heavy atom. The number of rotatable bonds is 7. The Bertz CT molecular complexity index is 1450. The van der Waals surface area contributed by atoms with Crippen molar-refractivity contribution < 1.29 is 23.9 Å². The molecule has 3 amide bonds. The predicted octanol–water partition coefficient (Wildman–Crippen LogP) is 5.86. The van der Waals surface area contributed by atoms with Gasteiger partial charge in [-0.2, -0.15) is 0 Å². The van der Waals surface area contributed by atoms with Gasteiger partial charge in [0.1, 0.15) is 10.7 Å². The molecule has 37 heavy (non-hydrogen) atoms. The molecule has 1 aliphatic rings. The molecule has 0 saturated heterocycles. The lowest BCUT2D eigenvalue weighted by atomic mass is 10.1. The lowest BCUT2D eigenvalue weighted by molar-refractivity contribution is -0.120. The second kappa shape index (κ2) is 11.0. The minimum atomic E-state index is -0.762. The molecule has 3 aromatic rings. The lowest BCUT2D eigenvalue weighted by Crippen LogP contribution is -2.32. The zero-order chi connectivity index (χ0) is 26.7. The maximum atomic E-state index is 13.1. The Kier molecular flexibility index (Phi) is 7.83. The molecule has 0 radical (unpaired) electrons. The second-order valence-electron chi connectivity index (χ2n) is 7.72. The topological polar surface area (TPSA) is 105 Å². The van der Waals surface area contributed by atoms with Crippen molar-refractivity contribution in [2.75, 3.05) is 22.1 Å². The van der Waals surface area contributed by atoms with E-state index in [1.54, 1.807) is 37.3 Å². The van der Waals surface area contributed by atoms with Crippen molar-refractivity contribution in [1.82, 2.24) is 0 Å². The number of halogens is 3. The molecule has 11 heteroatoms. The van der Waals surface area contributed by atoms with Gasteiger partial charge in [-0.25, -0.2) is 9.69 Å². The van der Waals surface area contributed by atoms with E-state index in [-0.39, 0.29) is 34.2 Å². The Hall–Kier alpha value is -3.85. The number of hydrogen-bond donors (Lipinski definition) is 2. The molecule has 1 heterocycles. The summed E-state index contributed by atoms with van der Waals surface area (Å²) in [4.78, 5) is 51.6. The van der Waals surface area contributed by atoms with Crippen LogP contribution in [0.4, 0.5) is 17.1 Å². The van der Waals surface area contributed by atoms with E-state index in [2.05, 4.69) is 10.6 Å². The smallest absolute Gasteiger partial charge is 0.338 e. The highest BCUT2D eigenvalue weighted by Crippen LogP contribution is 2.31. The molecule has 8 nitrogen and oxygen atoms in total. The van der Waals surface area contributed by atoms with Gasteiger partial charge in [-0.3, -0.25) is 14.4 Å². The molecule has 0 fully saturated rings. The number of nitrogens with one attached hydrogen (secondary N) is 2. The van der Waals surface area contributed by atoms with Crippen LogP contribution in [0.25, 0.3) is 0 Å². The van der Waals surface area contributed by atoms with Gasteiger partial charge in [0, 0.05) is 27.0 Å². The molecule has 1 aliphatic heterocycles. The lowest BCUT2D eigenvalue weighted by Gasteiger charge is -2.16. The van der Waals surface area contributed by atoms with Crippen LogP contribution in [0.5, 0.6) is 0 Å². The van der Waals surface area contributed by atoms with Gasteiger partial charge in [-0.15, -0.1) is 0 Å². The maximum absolute atomic E-state index is 13.1. The van der Waals surface area contributed by atoms with Crippen LogP contribution in [0.2, 0.25) is 10.0 Å². The van der Waals surface area contributed by atoms with Gasteiger partial charge in [-0.05, 0) is 61.5 Å². The van der Waals surface area contributed by atoms with Crippen LogP contribution in [-0.4, -0.2) is 30.3 Å². The molecule has 0 saturated carbocycles. The van der Waals surface area contributed by atoms with Gasteiger partial charge in [0.15, 0.2) is 0 Å². The quantitative estimate of drug-likeness (QED) is 0.278. The van der Waals surface area contributed by atoms with Gasteiger partial charge in [0.25, 0.3) is 17.7 Å². The summed E-state index contributed by atoms with van der Waals surface area (Å²) in [6.45, 7) is 1.85. The van der Waals surface area contributed by atoms with Crippen molar-refractivity contribution in [3.05, 3.63) is 98.6 Å². The van der Waals surface area contributed by atoms with Crippen molar-refractivity contribution in [1.29, 1.82) is 0 Å². The van der Waals surface area contributed by atoms with E-state index in [0.29, 0.717) is 21.4 Å². The van der Waals surface area contributed by atoms with Crippen molar-refractivity contribution in [2.45, 2.75) is 6.92 Å². The Labute approximate surface area is 226 Å². The number of carbonyl (C=O) groups is 4. The average Bonchev–Trinajstić information content (AvgIpc) is 3.06. The highest BCUT2D eigenvalue weighted by molar-refractivity contribution is 6.53. The first-order valence-electron chi connectivity index (χ1n) is 10.9. The van der Waals surface area contributed by atoms with Crippen molar-refractivity contribution in [3.8, 4) is 0 Å². The molecular weight excluding hydrogens is 541 g/mol. The summed E-state index contributed by atoms with van der Waals surface area (Å²) in [7, 11) is 0. The van der Waals surface area contributed by atoms with E-state index in [4.69, 9.17) is 39.5 Å². The molecule has 0 aliphatic carbocycles. The minimum absolute atomic E-state index is 0.156. The summed E-state index contributed by atoms with van der Waals surface area (Å²) in [5.41, 5.74) is 1.17. The van der Waals surface area contributed by atoms with Crippen molar-refractivity contribution >= 4 is 75.6 Å². The third-order valence-electron chi connectivity index (χ3n) is 5.16. The molecule has 0 aromatic heterocycles. The fraction of sp³-hybridized carbons (Fsp3) is 0.0769. The predicted molar refractivity (Wildman–Crippen MR) is 142 cm³/mol. The number of carbonyl (C=O) groups excluding carboxylic acids is 4. The fourth-order valence-electron chi connectivity index (χ4n) is 3.54. The first kappa shape index (κ1) is 26.2. The minimum Gasteiger partial charge on any atom is -0.462 e. The van der Waals surface area contributed by atoms with E-state index in [1.165, 1.54) is 36.4 Å². The molecule has 0 unspecified atom stereocenters. The van der Waals surface area contributed by atoms with Gasteiger partial charge in [0.05, 0.1) is 17.9 Å². The van der Waals surface area contributed by atoms with Crippen LogP contribution in [0.15, 0.2) is 77.5 Å². The summed E-state index contributed by atoms with van der Waals surface area (Å²) in [6.07, 6.45) is 0. The molecule has 0 atom stereocenters.